The van der Waals surface area contributed by atoms with Gasteiger partial charge in [0.15, 0.2) is 6.29 Å². The molecule has 0 atom stereocenters. The lowest BCUT2D eigenvalue weighted by molar-refractivity contribution is -0.0398. The molecule has 0 unspecified atom stereocenters. The van der Waals surface area contributed by atoms with Crippen LogP contribution in [0, 0.1) is 0 Å². The highest BCUT2D eigenvalue weighted by molar-refractivity contribution is 6.62. The van der Waals surface area contributed by atoms with Crippen molar-refractivity contribution >= 4 is 12.6 Å². The molecular formula is C23H29BO5. The number of ether oxygens (including phenoxy) is 3. The van der Waals surface area contributed by atoms with E-state index in [1.54, 1.807) is 0 Å². The molecule has 2 aliphatic rings. The largest absolute Gasteiger partial charge is 0.495 e. The quantitative estimate of drug-likeness (QED) is 0.700. The molecule has 0 radical (unpaired) electrons. The fraction of sp³-hybridized carbons (Fsp3) is 0.478. The van der Waals surface area contributed by atoms with Crippen molar-refractivity contribution in [2.75, 3.05) is 13.2 Å². The molecule has 2 aromatic carbocycles. The van der Waals surface area contributed by atoms with Crippen LogP contribution in [-0.4, -0.2) is 37.8 Å². The zero-order valence-corrected chi connectivity index (χ0v) is 17.6. The van der Waals surface area contributed by atoms with Crippen LogP contribution in [0.5, 0.6) is 5.75 Å². The van der Waals surface area contributed by atoms with Crippen LogP contribution in [-0.2, 0) is 31.8 Å². The molecule has 2 aliphatic heterocycles. The molecule has 0 aromatic heterocycles. The highest BCUT2D eigenvalue weighted by atomic mass is 16.7. The van der Waals surface area contributed by atoms with Crippen LogP contribution in [0.25, 0.3) is 0 Å². The van der Waals surface area contributed by atoms with E-state index in [0.717, 1.165) is 22.3 Å². The van der Waals surface area contributed by atoms with Crippen LogP contribution in [0.15, 0.2) is 48.5 Å². The first-order chi connectivity index (χ1) is 13.8. The topological polar surface area (TPSA) is 46.2 Å². The maximum absolute atomic E-state index is 6.28. The summed E-state index contributed by atoms with van der Waals surface area (Å²) in [5.41, 5.74) is 2.40. The van der Waals surface area contributed by atoms with Gasteiger partial charge in [-0.3, -0.25) is 0 Å². The Balaban J connectivity index is 1.57. The molecule has 0 saturated carbocycles. The van der Waals surface area contributed by atoms with Crippen molar-refractivity contribution in [2.24, 2.45) is 0 Å². The summed E-state index contributed by atoms with van der Waals surface area (Å²) in [6.07, 6.45) is 0.377. The number of hydrogen-bond donors (Lipinski definition) is 0. The summed E-state index contributed by atoms with van der Waals surface area (Å²) in [5, 5.41) is 0. The lowest BCUT2D eigenvalue weighted by Crippen LogP contribution is -2.41. The second kappa shape index (κ2) is 8.11. The van der Waals surface area contributed by atoms with Gasteiger partial charge in [0.2, 0.25) is 0 Å². The minimum atomic E-state index is -0.431. The molecule has 2 fully saturated rings. The van der Waals surface area contributed by atoms with Gasteiger partial charge >= 0.3 is 7.12 Å². The van der Waals surface area contributed by atoms with E-state index in [-0.39, 0.29) is 6.29 Å². The Labute approximate surface area is 173 Å². The van der Waals surface area contributed by atoms with Crippen molar-refractivity contribution in [2.45, 2.75) is 58.2 Å². The zero-order valence-electron chi connectivity index (χ0n) is 17.6. The zero-order chi connectivity index (χ0) is 20.5. The molecule has 0 spiro atoms. The molecule has 0 N–H and O–H groups in total. The van der Waals surface area contributed by atoms with Gasteiger partial charge in [-0.25, -0.2) is 0 Å². The first-order valence-corrected chi connectivity index (χ1v) is 10.2. The Morgan fingerprint density at radius 1 is 0.931 bits per heavy atom. The molecule has 6 heteroatoms. The van der Waals surface area contributed by atoms with Crippen molar-refractivity contribution in [3.63, 3.8) is 0 Å². The molecule has 154 valence electrons. The lowest BCUT2D eigenvalue weighted by Gasteiger charge is -2.32. The average molecular weight is 396 g/mol. The van der Waals surface area contributed by atoms with Gasteiger partial charge in [0, 0.05) is 6.42 Å². The summed E-state index contributed by atoms with van der Waals surface area (Å²) in [6.45, 7) is 10.0. The van der Waals surface area contributed by atoms with Crippen LogP contribution in [0.2, 0.25) is 0 Å². The van der Waals surface area contributed by atoms with Crippen molar-refractivity contribution in [3.05, 3.63) is 59.7 Å². The van der Waals surface area contributed by atoms with E-state index in [2.05, 4.69) is 39.8 Å². The summed E-state index contributed by atoms with van der Waals surface area (Å²) < 4.78 is 30.0. The minimum Gasteiger partial charge on any atom is -0.489 e. The van der Waals surface area contributed by atoms with Crippen LogP contribution in [0.3, 0.4) is 0 Å². The number of rotatable bonds is 6. The van der Waals surface area contributed by atoms with Gasteiger partial charge in [-0.05, 0) is 56.4 Å². The van der Waals surface area contributed by atoms with E-state index < -0.39 is 18.3 Å². The van der Waals surface area contributed by atoms with Crippen molar-refractivity contribution in [1.29, 1.82) is 0 Å². The predicted octanol–water partition coefficient (Wildman–Crippen LogP) is 3.48. The molecule has 5 nitrogen and oxygen atoms in total. The predicted molar refractivity (Wildman–Crippen MR) is 112 cm³/mol. The number of benzene rings is 2. The molecule has 0 aliphatic carbocycles. The third-order valence-corrected chi connectivity index (χ3v) is 5.95. The lowest BCUT2D eigenvalue weighted by atomic mass is 9.75. The Hall–Kier alpha value is -1.86. The van der Waals surface area contributed by atoms with Gasteiger partial charge in [-0.15, -0.1) is 0 Å². The van der Waals surface area contributed by atoms with Crippen LogP contribution in [0.1, 0.15) is 38.8 Å². The number of hydrogen-bond acceptors (Lipinski definition) is 5. The third kappa shape index (κ3) is 4.51. The van der Waals surface area contributed by atoms with E-state index in [0.29, 0.717) is 26.2 Å². The maximum Gasteiger partial charge on any atom is 0.495 e. The van der Waals surface area contributed by atoms with Crippen LogP contribution < -0.4 is 10.2 Å². The highest BCUT2D eigenvalue weighted by Gasteiger charge is 2.52. The van der Waals surface area contributed by atoms with Gasteiger partial charge in [0.25, 0.3) is 0 Å². The molecule has 2 aromatic rings. The van der Waals surface area contributed by atoms with E-state index in [4.69, 9.17) is 23.5 Å². The minimum absolute atomic E-state index is 0.249. The van der Waals surface area contributed by atoms with Crippen molar-refractivity contribution in [1.82, 2.24) is 0 Å². The summed E-state index contributed by atoms with van der Waals surface area (Å²) in [5.74, 6) is 0.808. The van der Waals surface area contributed by atoms with E-state index in [1.165, 1.54) is 0 Å². The van der Waals surface area contributed by atoms with Crippen molar-refractivity contribution in [3.8, 4) is 5.75 Å². The van der Waals surface area contributed by atoms with Gasteiger partial charge in [0.05, 0.1) is 24.4 Å². The third-order valence-electron chi connectivity index (χ3n) is 5.95. The molecule has 2 heterocycles. The normalized spacial score (nSPS) is 20.9. The van der Waals surface area contributed by atoms with Crippen molar-refractivity contribution < 1.29 is 23.5 Å². The first-order valence-electron chi connectivity index (χ1n) is 10.2. The summed E-state index contributed by atoms with van der Waals surface area (Å²) in [6, 6.07) is 16.2. The molecule has 2 saturated heterocycles. The molecular weight excluding hydrogens is 367 g/mol. The Morgan fingerprint density at radius 3 is 2.24 bits per heavy atom. The summed E-state index contributed by atoms with van der Waals surface area (Å²) >= 11 is 0. The Kier molecular flexibility index (Phi) is 5.71. The van der Waals surface area contributed by atoms with Gasteiger partial charge < -0.3 is 23.5 Å². The standard InChI is InChI=1S/C23H29BO5/c1-22(2)23(3,4)29-24(28-22)20-11-10-19(27-16-17-8-6-5-7-9-17)14-18(20)15-21-25-12-13-26-21/h5-11,14,21H,12-13,15-16H2,1-4H3. The molecule has 29 heavy (non-hydrogen) atoms. The Morgan fingerprint density at radius 2 is 1.59 bits per heavy atom. The van der Waals surface area contributed by atoms with Gasteiger partial charge in [-0.2, -0.15) is 0 Å². The van der Waals surface area contributed by atoms with E-state index in [9.17, 15) is 0 Å². The average Bonchev–Trinajstić information content (AvgIpc) is 3.26. The smallest absolute Gasteiger partial charge is 0.489 e. The van der Waals surface area contributed by atoms with Gasteiger partial charge in [0.1, 0.15) is 12.4 Å². The molecule has 0 amide bonds. The first kappa shape index (κ1) is 20.4. The van der Waals surface area contributed by atoms with E-state index >= 15 is 0 Å². The molecule has 4 rings (SSSR count). The molecule has 0 bridgehead atoms. The SMILES string of the molecule is CC1(C)OB(c2ccc(OCc3ccccc3)cc2CC2OCCO2)OC1(C)C. The highest BCUT2D eigenvalue weighted by Crippen LogP contribution is 2.37. The fourth-order valence-electron chi connectivity index (χ4n) is 3.49. The second-order valence-corrected chi connectivity index (χ2v) is 8.60. The fourth-order valence-corrected chi connectivity index (χ4v) is 3.49. The second-order valence-electron chi connectivity index (χ2n) is 8.60. The van der Waals surface area contributed by atoms with Crippen LogP contribution in [0.4, 0.5) is 0 Å². The summed E-state index contributed by atoms with van der Waals surface area (Å²) in [4.78, 5) is 0. The summed E-state index contributed by atoms with van der Waals surface area (Å²) in [7, 11) is -0.431. The maximum atomic E-state index is 6.28. The van der Waals surface area contributed by atoms with Gasteiger partial charge in [-0.1, -0.05) is 36.4 Å². The monoisotopic (exact) mass is 396 g/mol. The van der Waals surface area contributed by atoms with E-state index in [1.807, 2.05) is 36.4 Å². The van der Waals surface area contributed by atoms with Crippen LogP contribution >= 0.6 is 0 Å². The Bertz CT molecular complexity index is 814.